The highest BCUT2D eigenvalue weighted by molar-refractivity contribution is 6.02. The number of nitro groups is 1. The molecule has 1 aromatic heterocycles. The van der Waals surface area contributed by atoms with Crippen molar-refractivity contribution in [2.24, 2.45) is 0 Å². The molecule has 0 aliphatic carbocycles. The summed E-state index contributed by atoms with van der Waals surface area (Å²) in [5.41, 5.74) is 1.78. The maximum absolute atomic E-state index is 11.9. The predicted molar refractivity (Wildman–Crippen MR) is 78.5 cm³/mol. The molecular formula is C15H16N2O4. The Kier molecular flexibility index (Phi) is 3.80. The predicted octanol–water partition coefficient (Wildman–Crippen LogP) is 3.74. The molecule has 0 atom stereocenters. The van der Waals surface area contributed by atoms with Crippen molar-refractivity contribution in [3.05, 3.63) is 57.8 Å². The third-order valence-corrected chi connectivity index (χ3v) is 3.00. The third-order valence-electron chi connectivity index (χ3n) is 3.00. The number of nitrogens with one attached hydrogen (secondary N) is 1. The Balaban J connectivity index is 2.10. The van der Waals surface area contributed by atoms with Crippen LogP contribution in [0.5, 0.6) is 0 Å². The van der Waals surface area contributed by atoms with Gasteiger partial charge >= 0.3 is 5.88 Å². The Bertz CT molecular complexity index is 666. The molecule has 1 amide bonds. The minimum atomic E-state index is -0.686. The van der Waals surface area contributed by atoms with Gasteiger partial charge < -0.3 is 9.73 Å². The van der Waals surface area contributed by atoms with E-state index in [-0.39, 0.29) is 11.2 Å². The lowest BCUT2D eigenvalue weighted by molar-refractivity contribution is -0.402. The van der Waals surface area contributed by atoms with Crippen molar-refractivity contribution in [2.45, 2.75) is 26.2 Å². The first-order valence-electron chi connectivity index (χ1n) is 6.43. The number of furan rings is 1. The quantitative estimate of drug-likeness (QED) is 0.688. The summed E-state index contributed by atoms with van der Waals surface area (Å²) in [6.07, 6.45) is 0. The second-order valence-electron chi connectivity index (χ2n) is 5.68. The van der Waals surface area contributed by atoms with Gasteiger partial charge in [-0.3, -0.25) is 14.9 Å². The smallest absolute Gasteiger partial charge is 0.395 e. The van der Waals surface area contributed by atoms with Crippen LogP contribution in [0.2, 0.25) is 0 Å². The van der Waals surface area contributed by atoms with Crippen molar-refractivity contribution < 1.29 is 14.1 Å². The molecule has 0 radical (unpaired) electrons. The summed E-state index contributed by atoms with van der Waals surface area (Å²) < 4.78 is 4.85. The van der Waals surface area contributed by atoms with Crippen molar-refractivity contribution in [2.75, 3.05) is 5.32 Å². The molecule has 0 unspecified atom stereocenters. The minimum absolute atomic E-state index is 0.0319. The number of rotatable bonds is 3. The fraction of sp³-hybridized carbons (Fsp3) is 0.267. The average molecular weight is 288 g/mol. The molecule has 0 aliphatic rings. The number of amides is 1. The summed E-state index contributed by atoms with van der Waals surface area (Å²) in [6.45, 7) is 6.30. The lowest BCUT2D eigenvalue weighted by Crippen LogP contribution is -2.13. The molecule has 2 rings (SSSR count). The molecule has 0 spiro atoms. The van der Waals surface area contributed by atoms with E-state index in [9.17, 15) is 14.9 Å². The first kappa shape index (κ1) is 14.8. The van der Waals surface area contributed by atoms with Crippen LogP contribution in [0.1, 0.15) is 36.9 Å². The van der Waals surface area contributed by atoms with Crippen LogP contribution in [0, 0.1) is 10.1 Å². The monoisotopic (exact) mass is 288 g/mol. The summed E-state index contributed by atoms with van der Waals surface area (Å²) in [5.74, 6) is -1.07. The van der Waals surface area contributed by atoms with Gasteiger partial charge in [-0.15, -0.1) is 0 Å². The molecule has 1 N–H and O–H groups in total. The Morgan fingerprint density at radius 3 is 2.24 bits per heavy atom. The molecule has 0 aliphatic heterocycles. The molecule has 110 valence electrons. The summed E-state index contributed by atoms with van der Waals surface area (Å²) in [5, 5.41) is 13.1. The number of carbonyl (C=O) groups excluding carboxylic acids is 1. The van der Waals surface area contributed by atoms with Gasteiger partial charge in [0.2, 0.25) is 0 Å². The summed E-state index contributed by atoms with van der Waals surface area (Å²) in [4.78, 5) is 21.7. The standard InChI is InChI=1S/C15H16N2O4/c1-15(2,3)10-4-6-11(7-5-10)16-14(18)12-8-9-13(21-12)17(19)20/h4-9H,1-3H3,(H,16,18). The van der Waals surface area contributed by atoms with E-state index in [0.717, 1.165) is 11.6 Å². The normalized spacial score (nSPS) is 11.2. The van der Waals surface area contributed by atoms with Crippen molar-refractivity contribution >= 4 is 17.5 Å². The van der Waals surface area contributed by atoms with Crippen molar-refractivity contribution in [3.63, 3.8) is 0 Å². The van der Waals surface area contributed by atoms with E-state index in [4.69, 9.17) is 4.42 Å². The number of carbonyl (C=O) groups is 1. The number of anilines is 1. The highest BCUT2D eigenvalue weighted by Crippen LogP contribution is 2.24. The molecule has 0 saturated carbocycles. The second-order valence-corrected chi connectivity index (χ2v) is 5.68. The fourth-order valence-corrected chi connectivity index (χ4v) is 1.79. The number of benzene rings is 1. The zero-order valence-corrected chi connectivity index (χ0v) is 12.0. The van der Waals surface area contributed by atoms with Crippen LogP contribution in [-0.4, -0.2) is 10.8 Å². The molecule has 1 heterocycles. The number of hydrogen-bond acceptors (Lipinski definition) is 4. The van der Waals surface area contributed by atoms with E-state index in [1.165, 1.54) is 6.07 Å². The van der Waals surface area contributed by atoms with Crippen LogP contribution in [0.15, 0.2) is 40.8 Å². The first-order chi connectivity index (χ1) is 9.77. The lowest BCUT2D eigenvalue weighted by atomic mass is 9.87. The van der Waals surface area contributed by atoms with Gasteiger partial charge in [-0.05, 0) is 29.2 Å². The molecule has 21 heavy (non-hydrogen) atoms. The highest BCUT2D eigenvalue weighted by atomic mass is 16.6. The molecule has 0 fully saturated rings. The van der Waals surface area contributed by atoms with Gasteiger partial charge in [-0.2, -0.15) is 0 Å². The molecular weight excluding hydrogens is 272 g/mol. The van der Waals surface area contributed by atoms with E-state index in [1.807, 2.05) is 12.1 Å². The molecule has 1 aromatic carbocycles. The number of nitrogens with zero attached hydrogens (tertiary/aromatic N) is 1. The topological polar surface area (TPSA) is 85.4 Å². The first-order valence-corrected chi connectivity index (χ1v) is 6.43. The second kappa shape index (κ2) is 5.40. The van der Waals surface area contributed by atoms with Crippen LogP contribution in [-0.2, 0) is 5.41 Å². The van der Waals surface area contributed by atoms with Gasteiger partial charge in [-0.1, -0.05) is 32.9 Å². The Hall–Kier alpha value is -2.63. The summed E-state index contributed by atoms with van der Waals surface area (Å²) >= 11 is 0. The van der Waals surface area contributed by atoms with Gasteiger partial charge in [0.25, 0.3) is 5.91 Å². The van der Waals surface area contributed by atoms with E-state index in [1.54, 1.807) is 12.1 Å². The van der Waals surface area contributed by atoms with E-state index < -0.39 is 16.7 Å². The molecule has 6 heteroatoms. The van der Waals surface area contributed by atoms with E-state index >= 15 is 0 Å². The number of hydrogen-bond donors (Lipinski definition) is 1. The van der Waals surface area contributed by atoms with Crippen LogP contribution in [0.3, 0.4) is 0 Å². The molecule has 0 bridgehead atoms. The zero-order valence-electron chi connectivity index (χ0n) is 12.0. The largest absolute Gasteiger partial charge is 0.433 e. The van der Waals surface area contributed by atoms with Crippen molar-refractivity contribution in [3.8, 4) is 0 Å². The maximum atomic E-state index is 11.9. The van der Waals surface area contributed by atoms with Crippen LogP contribution in [0.25, 0.3) is 0 Å². The third kappa shape index (κ3) is 3.47. The fourth-order valence-electron chi connectivity index (χ4n) is 1.79. The van der Waals surface area contributed by atoms with Gasteiger partial charge in [-0.25, -0.2) is 0 Å². The van der Waals surface area contributed by atoms with Gasteiger partial charge in [0.1, 0.15) is 4.92 Å². The minimum Gasteiger partial charge on any atom is -0.395 e. The molecule has 0 saturated heterocycles. The van der Waals surface area contributed by atoms with Gasteiger partial charge in [0, 0.05) is 5.69 Å². The van der Waals surface area contributed by atoms with Crippen molar-refractivity contribution in [1.29, 1.82) is 0 Å². The van der Waals surface area contributed by atoms with E-state index in [0.29, 0.717) is 5.69 Å². The lowest BCUT2D eigenvalue weighted by Gasteiger charge is -2.19. The highest BCUT2D eigenvalue weighted by Gasteiger charge is 2.18. The van der Waals surface area contributed by atoms with Gasteiger partial charge in [0.15, 0.2) is 5.76 Å². The Morgan fingerprint density at radius 2 is 1.76 bits per heavy atom. The maximum Gasteiger partial charge on any atom is 0.433 e. The molecule has 6 nitrogen and oxygen atoms in total. The molecule has 2 aromatic rings. The van der Waals surface area contributed by atoms with Crippen LogP contribution < -0.4 is 5.32 Å². The zero-order chi connectivity index (χ0) is 15.6. The van der Waals surface area contributed by atoms with E-state index in [2.05, 4.69) is 26.1 Å². The summed E-state index contributed by atoms with van der Waals surface area (Å²) in [6, 6.07) is 9.86. The van der Waals surface area contributed by atoms with Crippen LogP contribution in [0.4, 0.5) is 11.6 Å². The Morgan fingerprint density at radius 1 is 1.14 bits per heavy atom. The summed E-state index contributed by atoms with van der Waals surface area (Å²) in [7, 11) is 0. The SMILES string of the molecule is CC(C)(C)c1ccc(NC(=O)c2ccc([N+](=O)[O-])o2)cc1. The van der Waals surface area contributed by atoms with Crippen LogP contribution >= 0.6 is 0 Å². The Labute approximate surface area is 121 Å². The van der Waals surface area contributed by atoms with Crippen molar-refractivity contribution in [1.82, 2.24) is 0 Å². The average Bonchev–Trinajstić information content (AvgIpc) is 2.88. The van der Waals surface area contributed by atoms with Gasteiger partial charge in [0.05, 0.1) is 6.07 Å².